The summed E-state index contributed by atoms with van der Waals surface area (Å²) in [4.78, 5) is 22.9. The van der Waals surface area contributed by atoms with Crippen LogP contribution in [0.4, 0.5) is 4.39 Å². The molecule has 3 aromatic rings. The van der Waals surface area contributed by atoms with Gasteiger partial charge >= 0.3 is 11.9 Å². The van der Waals surface area contributed by atoms with Crippen LogP contribution >= 0.6 is 11.3 Å². The molecule has 0 atom stereocenters. The number of ether oxygens (including phenoxy) is 1. The molecule has 3 N–H and O–H groups in total. The van der Waals surface area contributed by atoms with Crippen molar-refractivity contribution in [1.29, 1.82) is 0 Å². The monoisotopic (exact) mass is 446 g/mol. The molecule has 0 aliphatic rings. The second kappa shape index (κ2) is 12.4. The van der Waals surface area contributed by atoms with E-state index in [0.29, 0.717) is 6.61 Å². The smallest absolute Gasteiger partial charge is 0.414 e. The zero-order chi connectivity index (χ0) is 22.6. The van der Waals surface area contributed by atoms with Crippen LogP contribution in [0.3, 0.4) is 0 Å². The van der Waals surface area contributed by atoms with Crippen LogP contribution in [0.1, 0.15) is 18.2 Å². The van der Waals surface area contributed by atoms with Crippen LogP contribution in [-0.2, 0) is 22.6 Å². The van der Waals surface area contributed by atoms with E-state index >= 15 is 0 Å². The minimum atomic E-state index is -1.82. The number of nitrogens with one attached hydrogen (secondary N) is 1. The van der Waals surface area contributed by atoms with Crippen molar-refractivity contribution < 1.29 is 28.9 Å². The fourth-order valence-corrected chi connectivity index (χ4v) is 3.31. The first-order valence-corrected chi connectivity index (χ1v) is 10.4. The van der Waals surface area contributed by atoms with Gasteiger partial charge in [0, 0.05) is 17.5 Å². The summed E-state index contributed by atoms with van der Waals surface area (Å²) in [5.74, 6) is -2.96. The minimum absolute atomic E-state index is 0.194. The number of thiazole rings is 1. The summed E-state index contributed by atoms with van der Waals surface area (Å²) < 4.78 is 18.3. The van der Waals surface area contributed by atoms with Gasteiger partial charge in [-0.25, -0.2) is 19.0 Å². The van der Waals surface area contributed by atoms with Crippen molar-refractivity contribution in [3.63, 3.8) is 0 Å². The van der Waals surface area contributed by atoms with Crippen molar-refractivity contribution in [3.05, 3.63) is 71.0 Å². The van der Waals surface area contributed by atoms with Crippen LogP contribution < -0.4 is 10.1 Å². The zero-order valence-corrected chi connectivity index (χ0v) is 17.7. The first kappa shape index (κ1) is 24.0. The van der Waals surface area contributed by atoms with Crippen LogP contribution in [0.2, 0.25) is 0 Å². The number of carbonyl (C=O) groups is 2. The molecule has 164 valence electrons. The third kappa shape index (κ3) is 8.53. The molecule has 1 heterocycles. The molecule has 0 radical (unpaired) electrons. The lowest BCUT2D eigenvalue weighted by Gasteiger charge is -2.04. The van der Waals surface area contributed by atoms with Crippen molar-refractivity contribution >= 4 is 23.3 Å². The Morgan fingerprint density at radius 3 is 2.29 bits per heavy atom. The highest BCUT2D eigenvalue weighted by Crippen LogP contribution is 2.25. The fraction of sp³-hybridized carbons (Fsp3) is 0.227. The van der Waals surface area contributed by atoms with Crippen LogP contribution in [0, 0.1) is 5.82 Å². The average Bonchev–Trinajstić information content (AvgIpc) is 3.23. The highest BCUT2D eigenvalue weighted by Gasteiger charge is 2.05. The molecule has 0 aliphatic carbocycles. The molecule has 0 unspecified atom stereocenters. The molecule has 0 bridgehead atoms. The van der Waals surface area contributed by atoms with Crippen molar-refractivity contribution in [3.8, 4) is 16.3 Å². The standard InChI is InChI=1S/C20H21FN2OS.C2H2O4/c1-2-24-19-9-5-16(6-10-19)20-23-18(14-25-20)13-22-12-11-15-3-7-17(21)8-4-15;3-1(4)2(5)6/h3-10,14,22H,2,11-13H2,1H3;(H,3,4)(H,5,6). The van der Waals surface area contributed by atoms with Crippen molar-refractivity contribution in [2.24, 2.45) is 0 Å². The Hall–Kier alpha value is -3.30. The van der Waals surface area contributed by atoms with Gasteiger partial charge in [0.2, 0.25) is 0 Å². The second-order valence-electron chi connectivity index (χ2n) is 6.26. The van der Waals surface area contributed by atoms with E-state index in [2.05, 4.69) is 15.7 Å². The van der Waals surface area contributed by atoms with E-state index in [1.165, 1.54) is 12.1 Å². The Labute approximate surface area is 183 Å². The molecule has 9 heteroatoms. The number of carboxylic acids is 2. The van der Waals surface area contributed by atoms with Crippen LogP contribution in [-0.4, -0.2) is 40.3 Å². The van der Waals surface area contributed by atoms with Gasteiger partial charge in [-0.15, -0.1) is 11.3 Å². The van der Waals surface area contributed by atoms with E-state index < -0.39 is 11.9 Å². The van der Waals surface area contributed by atoms with Gasteiger partial charge in [0.25, 0.3) is 0 Å². The number of aliphatic carboxylic acids is 2. The Kier molecular flexibility index (Phi) is 9.60. The number of rotatable bonds is 8. The zero-order valence-electron chi connectivity index (χ0n) is 16.9. The van der Waals surface area contributed by atoms with Crippen LogP contribution in [0.15, 0.2) is 53.9 Å². The summed E-state index contributed by atoms with van der Waals surface area (Å²) in [5, 5.41) is 21.3. The largest absolute Gasteiger partial charge is 0.494 e. The number of nitrogens with zero attached hydrogens (tertiary/aromatic N) is 1. The highest BCUT2D eigenvalue weighted by atomic mass is 32.1. The Morgan fingerprint density at radius 1 is 1.06 bits per heavy atom. The number of benzene rings is 2. The molecule has 1 aromatic heterocycles. The number of halogens is 1. The van der Waals surface area contributed by atoms with Crippen molar-refractivity contribution in [1.82, 2.24) is 10.3 Å². The molecule has 0 spiro atoms. The topological polar surface area (TPSA) is 109 Å². The Bertz CT molecular complexity index is 962. The van der Waals surface area contributed by atoms with Gasteiger partial charge < -0.3 is 20.3 Å². The third-order valence-electron chi connectivity index (χ3n) is 3.96. The van der Waals surface area contributed by atoms with Gasteiger partial charge in [-0.3, -0.25) is 0 Å². The molecule has 0 saturated carbocycles. The van der Waals surface area contributed by atoms with Gasteiger partial charge in [0.05, 0.1) is 12.3 Å². The predicted molar refractivity (Wildman–Crippen MR) is 116 cm³/mol. The third-order valence-corrected chi connectivity index (χ3v) is 4.90. The number of aromatic nitrogens is 1. The van der Waals surface area contributed by atoms with Gasteiger partial charge in [-0.05, 0) is 61.9 Å². The minimum Gasteiger partial charge on any atom is -0.494 e. The number of hydrogen-bond acceptors (Lipinski definition) is 6. The van der Waals surface area contributed by atoms with E-state index in [4.69, 9.17) is 24.5 Å². The fourth-order valence-electron chi connectivity index (χ4n) is 2.48. The second-order valence-corrected chi connectivity index (χ2v) is 7.12. The first-order chi connectivity index (χ1) is 14.9. The number of hydrogen-bond donors (Lipinski definition) is 3. The molecular weight excluding hydrogens is 423 g/mol. The first-order valence-electron chi connectivity index (χ1n) is 9.48. The molecule has 0 saturated heterocycles. The quantitative estimate of drug-likeness (QED) is 0.356. The van der Waals surface area contributed by atoms with Crippen molar-refractivity contribution in [2.45, 2.75) is 19.9 Å². The maximum atomic E-state index is 12.9. The molecule has 3 rings (SSSR count). The van der Waals surface area contributed by atoms with Gasteiger partial charge in [-0.1, -0.05) is 12.1 Å². The summed E-state index contributed by atoms with van der Waals surface area (Å²) in [5.41, 5.74) is 3.27. The maximum absolute atomic E-state index is 12.9. The lowest BCUT2D eigenvalue weighted by Crippen LogP contribution is -2.16. The van der Waals surface area contributed by atoms with E-state index in [0.717, 1.165) is 47.1 Å². The maximum Gasteiger partial charge on any atom is 0.414 e. The van der Waals surface area contributed by atoms with E-state index in [9.17, 15) is 4.39 Å². The SMILES string of the molecule is CCOc1ccc(-c2nc(CNCCc3ccc(F)cc3)cs2)cc1.O=C(O)C(=O)O. The Balaban J connectivity index is 0.000000501. The molecule has 0 amide bonds. The highest BCUT2D eigenvalue weighted by molar-refractivity contribution is 7.13. The normalized spacial score (nSPS) is 10.1. The summed E-state index contributed by atoms with van der Waals surface area (Å²) in [6.45, 7) is 4.21. The Morgan fingerprint density at radius 2 is 1.71 bits per heavy atom. The molecular formula is C22H23FN2O5S. The van der Waals surface area contributed by atoms with E-state index in [1.54, 1.807) is 11.3 Å². The molecule has 0 aliphatic heterocycles. The molecule has 0 fully saturated rings. The van der Waals surface area contributed by atoms with Crippen LogP contribution in [0.25, 0.3) is 10.6 Å². The molecule has 2 aromatic carbocycles. The lowest BCUT2D eigenvalue weighted by molar-refractivity contribution is -0.159. The van der Waals surface area contributed by atoms with Gasteiger partial charge in [-0.2, -0.15) is 0 Å². The summed E-state index contributed by atoms with van der Waals surface area (Å²) >= 11 is 1.64. The number of carboxylic acid groups (broad SMARTS) is 2. The summed E-state index contributed by atoms with van der Waals surface area (Å²) in [7, 11) is 0. The van der Waals surface area contributed by atoms with Gasteiger partial charge in [0.1, 0.15) is 16.6 Å². The predicted octanol–water partition coefficient (Wildman–Crippen LogP) is 3.84. The van der Waals surface area contributed by atoms with E-state index in [1.807, 2.05) is 43.3 Å². The molecule has 31 heavy (non-hydrogen) atoms. The van der Waals surface area contributed by atoms with Gasteiger partial charge in [0.15, 0.2) is 0 Å². The molecule has 7 nitrogen and oxygen atoms in total. The average molecular weight is 447 g/mol. The summed E-state index contributed by atoms with van der Waals surface area (Å²) in [6.07, 6.45) is 0.871. The van der Waals surface area contributed by atoms with Crippen LogP contribution in [0.5, 0.6) is 5.75 Å². The van der Waals surface area contributed by atoms with Crippen molar-refractivity contribution in [2.75, 3.05) is 13.2 Å². The lowest BCUT2D eigenvalue weighted by atomic mass is 10.1. The van der Waals surface area contributed by atoms with E-state index in [-0.39, 0.29) is 5.82 Å². The summed E-state index contributed by atoms with van der Waals surface area (Å²) in [6, 6.07) is 14.7.